The number of ether oxygens (including phenoxy) is 1. The minimum atomic E-state index is -4.42. The van der Waals surface area contributed by atoms with Crippen molar-refractivity contribution in [2.75, 3.05) is 33.3 Å². The molecule has 1 N–H and O–H groups in total. The van der Waals surface area contributed by atoms with Crippen LogP contribution in [0.5, 0.6) is 5.75 Å². The van der Waals surface area contributed by atoms with Crippen LogP contribution in [0.1, 0.15) is 11.1 Å². The molecular weight excluding hydrogens is 293 g/mol. The number of benzene rings is 1. The van der Waals surface area contributed by atoms with Crippen molar-refractivity contribution in [2.45, 2.75) is 12.7 Å². The van der Waals surface area contributed by atoms with Gasteiger partial charge in [0, 0.05) is 32.7 Å². The van der Waals surface area contributed by atoms with Gasteiger partial charge in [-0.2, -0.15) is 13.2 Å². The Labute approximate surface area is 120 Å². The number of piperazine rings is 1. The molecule has 1 aromatic carbocycles. The molecule has 20 heavy (non-hydrogen) atoms. The molecule has 0 radical (unpaired) electrons. The van der Waals surface area contributed by atoms with E-state index in [4.69, 9.17) is 16.3 Å². The third kappa shape index (κ3) is 3.56. The largest absolute Gasteiger partial charge is 0.495 e. The van der Waals surface area contributed by atoms with Crippen molar-refractivity contribution in [1.29, 1.82) is 0 Å². The van der Waals surface area contributed by atoms with Crippen molar-refractivity contribution in [3.8, 4) is 5.75 Å². The Morgan fingerprint density at radius 1 is 1.30 bits per heavy atom. The first-order valence-electron chi connectivity index (χ1n) is 6.28. The predicted molar refractivity (Wildman–Crippen MR) is 71.2 cm³/mol. The highest BCUT2D eigenvalue weighted by Crippen LogP contribution is 2.38. The zero-order chi connectivity index (χ0) is 14.8. The van der Waals surface area contributed by atoms with Gasteiger partial charge >= 0.3 is 6.18 Å². The second kappa shape index (κ2) is 6.20. The molecule has 1 aliphatic rings. The van der Waals surface area contributed by atoms with Crippen LogP contribution in [0.2, 0.25) is 5.02 Å². The zero-order valence-corrected chi connectivity index (χ0v) is 11.8. The summed E-state index contributed by atoms with van der Waals surface area (Å²) in [6, 6.07) is 2.32. The van der Waals surface area contributed by atoms with E-state index < -0.39 is 11.7 Å². The number of nitrogens with zero attached hydrogens (tertiary/aromatic N) is 1. The molecule has 0 aromatic heterocycles. The van der Waals surface area contributed by atoms with Crippen molar-refractivity contribution >= 4 is 11.6 Å². The maximum atomic E-state index is 13.1. The van der Waals surface area contributed by atoms with Gasteiger partial charge in [0.05, 0.1) is 17.7 Å². The molecule has 1 fully saturated rings. The summed E-state index contributed by atoms with van der Waals surface area (Å²) in [6.07, 6.45) is -4.42. The Hall–Kier alpha value is -0.980. The van der Waals surface area contributed by atoms with Gasteiger partial charge in [-0.05, 0) is 17.7 Å². The molecule has 0 bridgehead atoms. The monoisotopic (exact) mass is 308 g/mol. The van der Waals surface area contributed by atoms with Crippen molar-refractivity contribution in [3.63, 3.8) is 0 Å². The smallest absolute Gasteiger partial charge is 0.416 e. The Morgan fingerprint density at radius 2 is 1.95 bits per heavy atom. The van der Waals surface area contributed by atoms with E-state index >= 15 is 0 Å². The molecule has 0 saturated carbocycles. The van der Waals surface area contributed by atoms with Crippen LogP contribution in [0.25, 0.3) is 0 Å². The lowest BCUT2D eigenvalue weighted by Crippen LogP contribution is -2.43. The Balaban J connectivity index is 2.32. The molecule has 7 heteroatoms. The first-order chi connectivity index (χ1) is 9.41. The van der Waals surface area contributed by atoms with E-state index in [1.54, 1.807) is 0 Å². The normalized spacial score (nSPS) is 17.2. The van der Waals surface area contributed by atoms with Crippen LogP contribution < -0.4 is 10.1 Å². The van der Waals surface area contributed by atoms with Crippen molar-refractivity contribution in [3.05, 3.63) is 28.3 Å². The molecule has 3 nitrogen and oxygen atoms in total. The summed E-state index contributed by atoms with van der Waals surface area (Å²) in [5.74, 6) is 0.0445. The van der Waals surface area contributed by atoms with Gasteiger partial charge in [0.25, 0.3) is 0 Å². The number of halogens is 4. The summed E-state index contributed by atoms with van der Waals surface area (Å²) in [6.45, 7) is 3.25. The molecule has 0 unspecified atom stereocenters. The molecule has 1 aromatic rings. The average molecular weight is 309 g/mol. The van der Waals surface area contributed by atoms with Gasteiger partial charge in [-0.3, -0.25) is 4.90 Å². The fourth-order valence-corrected chi connectivity index (χ4v) is 2.52. The van der Waals surface area contributed by atoms with Crippen LogP contribution in [0, 0.1) is 0 Å². The van der Waals surface area contributed by atoms with Gasteiger partial charge in [0.1, 0.15) is 5.75 Å². The first kappa shape index (κ1) is 15.4. The Bertz CT molecular complexity index is 473. The van der Waals surface area contributed by atoms with Gasteiger partial charge in [-0.25, -0.2) is 0 Å². The van der Waals surface area contributed by atoms with Crippen LogP contribution in [0.15, 0.2) is 12.1 Å². The summed E-state index contributed by atoms with van der Waals surface area (Å²) in [5, 5.41) is 3.36. The Morgan fingerprint density at radius 3 is 2.50 bits per heavy atom. The van der Waals surface area contributed by atoms with Crippen molar-refractivity contribution in [2.24, 2.45) is 0 Å². The zero-order valence-electron chi connectivity index (χ0n) is 11.1. The van der Waals surface area contributed by atoms with Crippen LogP contribution in [0.3, 0.4) is 0 Å². The van der Waals surface area contributed by atoms with Crippen LogP contribution in [0.4, 0.5) is 13.2 Å². The molecule has 1 saturated heterocycles. The summed E-state index contributed by atoms with van der Waals surface area (Å²) in [5.41, 5.74) is -0.498. The molecule has 0 spiro atoms. The SMILES string of the molecule is COc1cc(C(F)(F)F)c(CN2CCNCC2)cc1Cl. The maximum absolute atomic E-state index is 13.1. The lowest BCUT2D eigenvalue weighted by molar-refractivity contribution is -0.138. The number of hydrogen-bond acceptors (Lipinski definition) is 3. The highest BCUT2D eigenvalue weighted by Gasteiger charge is 2.35. The standard InChI is InChI=1S/C13H16ClF3N2O/c1-20-12-7-10(13(15,16)17)9(6-11(12)14)8-19-4-2-18-3-5-19/h6-7,18H,2-5,8H2,1H3. The van der Waals surface area contributed by atoms with E-state index in [0.717, 1.165) is 32.2 Å². The van der Waals surface area contributed by atoms with E-state index in [1.165, 1.54) is 13.2 Å². The topological polar surface area (TPSA) is 24.5 Å². The van der Waals surface area contributed by atoms with Crippen LogP contribution >= 0.6 is 11.6 Å². The third-order valence-electron chi connectivity index (χ3n) is 3.29. The summed E-state index contributed by atoms with van der Waals surface area (Å²) >= 11 is 5.95. The molecule has 0 aliphatic carbocycles. The van der Waals surface area contributed by atoms with E-state index in [-0.39, 0.29) is 22.9 Å². The number of alkyl halides is 3. The molecule has 0 amide bonds. The van der Waals surface area contributed by atoms with E-state index in [0.29, 0.717) is 0 Å². The van der Waals surface area contributed by atoms with E-state index in [9.17, 15) is 13.2 Å². The number of rotatable bonds is 3. The molecule has 2 rings (SSSR count). The first-order valence-corrected chi connectivity index (χ1v) is 6.66. The van der Waals surface area contributed by atoms with Gasteiger partial charge < -0.3 is 10.1 Å². The van der Waals surface area contributed by atoms with Gasteiger partial charge in [0.2, 0.25) is 0 Å². The lowest BCUT2D eigenvalue weighted by atomic mass is 10.1. The van der Waals surface area contributed by atoms with E-state index in [1.807, 2.05) is 4.90 Å². The van der Waals surface area contributed by atoms with Gasteiger partial charge in [0.15, 0.2) is 0 Å². The molecule has 112 valence electrons. The fourth-order valence-electron chi connectivity index (χ4n) is 2.26. The van der Waals surface area contributed by atoms with Gasteiger partial charge in [-0.15, -0.1) is 0 Å². The fraction of sp³-hybridized carbons (Fsp3) is 0.538. The Kier molecular flexibility index (Phi) is 4.78. The number of hydrogen-bond donors (Lipinski definition) is 1. The van der Waals surface area contributed by atoms with Crippen LogP contribution in [-0.2, 0) is 12.7 Å². The average Bonchev–Trinajstić information content (AvgIpc) is 2.38. The van der Waals surface area contributed by atoms with Crippen molar-refractivity contribution in [1.82, 2.24) is 10.2 Å². The minimum Gasteiger partial charge on any atom is -0.495 e. The second-order valence-corrected chi connectivity index (χ2v) is 5.08. The summed E-state index contributed by atoms with van der Waals surface area (Å²) in [7, 11) is 1.30. The highest BCUT2D eigenvalue weighted by atomic mass is 35.5. The van der Waals surface area contributed by atoms with Gasteiger partial charge in [-0.1, -0.05) is 11.6 Å². The predicted octanol–water partition coefficient (Wildman–Crippen LogP) is 2.77. The summed E-state index contributed by atoms with van der Waals surface area (Å²) < 4.78 is 44.2. The minimum absolute atomic E-state index is 0.0445. The van der Waals surface area contributed by atoms with Crippen molar-refractivity contribution < 1.29 is 17.9 Å². The third-order valence-corrected chi connectivity index (χ3v) is 3.58. The second-order valence-electron chi connectivity index (χ2n) is 4.67. The number of methoxy groups -OCH3 is 1. The highest BCUT2D eigenvalue weighted by molar-refractivity contribution is 6.32. The summed E-state index contributed by atoms with van der Waals surface area (Å²) in [4.78, 5) is 1.98. The molecule has 1 aliphatic heterocycles. The van der Waals surface area contributed by atoms with E-state index in [2.05, 4.69) is 5.32 Å². The maximum Gasteiger partial charge on any atom is 0.416 e. The number of nitrogens with one attached hydrogen (secondary N) is 1. The molecule has 1 heterocycles. The lowest BCUT2D eigenvalue weighted by Gasteiger charge is -2.28. The quantitative estimate of drug-likeness (QED) is 0.929. The molecule has 0 atom stereocenters. The molecular formula is C13H16ClF3N2O. The van der Waals surface area contributed by atoms with Crippen LogP contribution in [-0.4, -0.2) is 38.2 Å².